The van der Waals surface area contributed by atoms with E-state index in [-0.39, 0.29) is 29.9 Å². The van der Waals surface area contributed by atoms with Crippen LogP contribution in [0.15, 0.2) is 11.2 Å². The molecule has 0 bridgehead atoms. The summed E-state index contributed by atoms with van der Waals surface area (Å²) in [7, 11) is 1.83. The van der Waals surface area contributed by atoms with Gasteiger partial charge >= 0.3 is 0 Å². The molecule has 9 heteroatoms. The summed E-state index contributed by atoms with van der Waals surface area (Å²) >= 11 is 1.76. The van der Waals surface area contributed by atoms with Crippen LogP contribution in [0.4, 0.5) is 0 Å². The van der Waals surface area contributed by atoms with Gasteiger partial charge in [0.15, 0.2) is 5.96 Å². The van der Waals surface area contributed by atoms with Crippen LogP contribution in [0.3, 0.4) is 0 Å². The number of carbonyl (C=O) groups excluding carboxylic acids is 1. The summed E-state index contributed by atoms with van der Waals surface area (Å²) in [4.78, 5) is 29.6. The summed E-state index contributed by atoms with van der Waals surface area (Å²) in [5, 5.41) is 4.53. The molecule has 1 N–H and O–H groups in total. The fourth-order valence-electron chi connectivity index (χ4n) is 4.36. The summed E-state index contributed by atoms with van der Waals surface area (Å²) in [6, 6.07) is 0. The minimum absolute atomic E-state index is 0. The summed E-state index contributed by atoms with van der Waals surface area (Å²) in [5.41, 5.74) is 0. The standard InChI is InChI=1S/C21H36N6OS.HI/c1-5-18-11-23-19(29-18)12-24-21(22-4)26-8-6-25(7-9-26)15-20(28)27-13-16(2)10-17(3)14-27;/h11,16-17H,5-10,12-15H2,1-4H3,(H,22,24);1H. The second-order valence-electron chi connectivity index (χ2n) is 8.48. The predicted octanol–water partition coefficient (Wildman–Crippen LogP) is 2.52. The lowest BCUT2D eigenvalue weighted by atomic mass is 9.92. The van der Waals surface area contributed by atoms with Crippen LogP contribution >= 0.6 is 35.3 Å². The zero-order valence-corrected chi connectivity index (χ0v) is 21.9. The molecule has 1 aromatic heterocycles. The molecule has 0 spiro atoms. The second-order valence-corrected chi connectivity index (χ2v) is 9.68. The van der Waals surface area contributed by atoms with E-state index < -0.39 is 0 Å². The first-order chi connectivity index (χ1) is 14.0. The molecule has 2 atom stereocenters. The van der Waals surface area contributed by atoms with Crippen LogP contribution in [0.1, 0.15) is 37.1 Å². The number of carbonyl (C=O) groups is 1. The number of nitrogens with zero attached hydrogens (tertiary/aromatic N) is 5. The molecule has 0 aromatic carbocycles. The zero-order chi connectivity index (χ0) is 20.8. The highest BCUT2D eigenvalue weighted by Crippen LogP contribution is 2.21. The van der Waals surface area contributed by atoms with E-state index in [1.165, 1.54) is 11.3 Å². The SMILES string of the molecule is CCc1cnc(CNC(=NC)N2CCN(CC(=O)N3CC(C)CC(C)C3)CC2)s1.I. The van der Waals surface area contributed by atoms with Crippen molar-refractivity contribution < 1.29 is 4.79 Å². The molecule has 3 heterocycles. The number of thiazole rings is 1. The Morgan fingerprint density at radius 1 is 1.20 bits per heavy atom. The molecule has 1 aromatic rings. The molecule has 2 saturated heterocycles. The van der Waals surface area contributed by atoms with Crippen molar-refractivity contribution in [2.24, 2.45) is 16.8 Å². The molecule has 170 valence electrons. The number of rotatable bonds is 5. The van der Waals surface area contributed by atoms with E-state index >= 15 is 0 Å². The number of aliphatic imine (C=N–C) groups is 1. The van der Waals surface area contributed by atoms with Crippen LogP contribution in [0, 0.1) is 11.8 Å². The highest BCUT2D eigenvalue weighted by molar-refractivity contribution is 14.0. The number of likely N-dealkylation sites (tertiary alicyclic amines) is 1. The van der Waals surface area contributed by atoms with Crippen molar-refractivity contribution >= 4 is 47.2 Å². The lowest BCUT2D eigenvalue weighted by Crippen LogP contribution is -2.55. The van der Waals surface area contributed by atoms with Gasteiger partial charge in [-0.05, 0) is 24.7 Å². The topological polar surface area (TPSA) is 64.1 Å². The average Bonchev–Trinajstić information content (AvgIpc) is 3.17. The molecule has 0 radical (unpaired) electrons. The number of hydrogen-bond acceptors (Lipinski definition) is 5. The first-order valence-electron chi connectivity index (χ1n) is 10.9. The number of aromatic nitrogens is 1. The molecule has 2 aliphatic rings. The Morgan fingerprint density at radius 3 is 2.43 bits per heavy atom. The molecular formula is C21H37IN6OS. The van der Waals surface area contributed by atoms with Gasteiger partial charge in [0.1, 0.15) is 5.01 Å². The van der Waals surface area contributed by atoms with E-state index in [1.54, 1.807) is 11.3 Å². The third-order valence-corrected chi connectivity index (χ3v) is 6.95. The van der Waals surface area contributed by atoms with Gasteiger partial charge < -0.3 is 15.1 Å². The van der Waals surface area contributed by atoms with Crippen molar-refractivity contribution in [2.45, 2.75) is 40.2 Å². The minimum Gasteiger partial charge on any atom is -0.350 e. The van der Waals surface area contributed by atoms with E-state index in [0.29, 0.717) is 24.9 Å². The molecule has 7 nitrogen and oxygen atoms in total. The highest BCUT2D eigenvalue weighted by atomic mass is 127. The number of halogens is 1. The molecule has 0 aliphatic carbocycles. The van der Waals surface area contributed by atoms with Crippen molar-refractivity contribution in [3.8, 4) is 0 Å². The van der Waals surface area contributed by atoms with Crippen molar-refractivity contribution in [3.63, 3.8) is 0 Å². The molecule has 30 heavy (non-hydrogen) atoms. The summed E-state index contributed by atoms with van der Waals surface area (Å²) in [6.07, 6.45) is 4.22. The van der Waals surface area contributed by atoms with Gasteiger partial charge in [0, 0.05) is 57.4 Å². The van der Waals surface area contributed by atoms with Gasteiger partial charge in [-0.25, -0.2) is 4.98 Å². The van der Waals surface area contributed by atoms with Crippen LogP contribution in [0.25, 0.3) is 0 Å². The highest BCUT2D eigenvalue weighted by Gasteiger charge is 2.28. The van der Waals surface area contributed by atoms with Crippen LogP contribution < -0.4 is 5.32 Å². The molecule has 2 aliphatic heterocycles. The van der Waals surface area contributed by atoms with Crippen molar-refractivity contribution in [1.82, 2.24) is 25.0 Å². The maximum atomic E-state index is 12.7. The largest absolute Gasteiger partial charge is 0.350 e. The van der Waals surface area contributed by atoms with Gasteiger partial charge in [-0.15, -0.1) is 35.3 Å². The fourth-order valence-corrected chi connectivity index (χ4v) is 5.16. The Morgan fingerprint density at radius 2 is 1.87 bits per heavy atom. The first-order valence-corrected chi connectivity index (χ1v) is 11.7. The number of aryl methyl sites for hydroxylation is 1. The van der Waals surface area contributed by atoms with E-state index in [1.807, 2.05) is 13.2 Å². The fraction of sp³-hybridized carbons (Fsp3) is 0.762. The first kappa shape index (κ1) is 25.3. The Balaban J connectivity index is 0.00000320. The molecule has 3 rings (SSSR count). The number of piperidine rings is 1. The third kappa shape index (κ3) is 7.05. The Labute approximate surface area is 202 Å². The molecule has 1 amide bonds. The molecule has 2 unspecified atom stereocenters. The lowest BCUT2D eigenvalue weighted by molar-refractivity contribution is -0.135. The van der Waals surface area contributed by atoms with Gasteiger partial charge in [0.05, 0.1) is 13.1 Å². The molecule has 2 fully saturated rings. The Bertz CT molecular complexity index is 693. The van der Waals surface area contributed by atoms with E-state index in [0.717, 1.165) is 56.7 Å². The average molecular weight is 549 g/mol. The quantitative estimate of drug-likeness (QED) is 0.348. The number of amides is 1. The van der Waals surface area contributed by atoms with Crippen LogP contribution in [0.2, 0.25) is 0 Å². The number of guanidine groups is 1. The number of nitrogens with one attached hydrogen (secondary N) is 1. The maximum Gasteiger partial charge on any atom is 0.236 e. The van der Waals surface area contributed by atoms with Crippen molar-refractivity contribution in [3.05, 3.63) is 16.1 Å². The van der Waals surface area contributed by atoms with Gasteiger partial charge in [-0.2, -0.15) is 0 Å². The normalized spacial score (nSPS) is 23.3. The Hall–Kier alpha value is -0.940. The smallest absolute Gasteiger partial charge is 0.236 e. The summed E-state index contributed by atoms with van der Waals surface area (Å²) < 4.78 is 0. The van der Waals surface area contributed by atoms with E-state index in [2.05, 4.69) is 50.8 Å². The van der Waals surface area contributed by atoms with Crippen LogP contribution in [-0.2, 0) is 17.8 Å². The third-order valence-electron chi connectivity index (χ3n) is 5.81. The van der Waals surface area contributed by atoms with Crippen LogP contribution in [-0.4, -0.2) is 84.4 Å². The summed E-state index contributed by atoms with van der Waals surface area (Å²) in [5.74, 6) is 2.43. The minimum atomic E-state index is 0. The molecule has 0 saturated carbocycles. The van der Waals surface area contributed by atoms with E-state index in [4.69, 9.17) is 0 Å². The van der Waals surface area contributed by atoms with Gasteiger partial charge in [-0.1, -0.05) is 20.8 Å². The van der Waals surface area contributed by atoms with Crippen molar-refractivity contribution in [2.75, 3.05) is 52.9 Å². The Kier molecular flexibility index (Phi) is 10.3. The number of hydrogen-bond donors (Lipinski definition) is 1. The second kappa shape index (κ2) is 12.2. The van der Waals surface area contributed by atoms with Crippen molar-refractivity contribution in [1.29, 1.82) is 0 Å². The monoisotopic (exact) mass is 548 g/mol. The summed E-state index contributed by atoms with van der Waals surface area (Å²) in [6.45, 7) is 13.3. The van der Waals surface area contributed by atoms with Gasteiger partial charge in [-0.3, -0.25) is 14.7 Å². The molecular weight excluding hydrogens is 511 g/mol. The van der Waals surface area contributed by atoms with Gasteiger partial charge in [0.25, 0.3) is 0 Å². The van der Waals surface area contributed by atoms with Gasteiger partial charge in [0.2, 0.25) is 5.91 Å². The predicted molar refractivity (Wildman–Crippen MR) is 135 cm³/mol. The lowest BCUT2D eigenvalue weighted by Gasteiger charge is -2.39. The van der Waals surface area contributed by atoms with Crippen LogP contribution in [0.5, 0.6) is 0 Å². The van der Waals surface area contributed by atoms with E-state index in [9.17, 15) is 4.79 Å². The zero-order valence-electron chi connectivity index (χ0n) is 18.8. The number of piperazine rings is 1. The maximum absolute atomic E-state index is 12.7.